The minimum absolute atomic E-state index is 0. The van der Waals surface area contributed by atoms with E-state index in [1.807, 2.05) is 0 Å². The number of amides is 1. The molecule has 1 heterocycles. The number of halogens is 2. The van der Waals surface area contributed by atoms with Crippen LogP contribution < -0.4 is 15.4 Å². The number of hydrogen-bond donors (Lipinski definition) is 2. The van der Waals surface area contributed by atoms with Gasteiger partial charge in [0.2, 0.25) is 0 Å². The lowest BCUT2D eigenvalue weighted by atomic mass is 9.96. The molecule has 4 nitrogen and oxygen atoms in total. The predicted octanol–water partition coefficient (Wildman–Crippen LogP) is 2.65. The Balaban J connectivity index is 0.00000220. The quantitative estimate of drug-likeness (QED) is 0.841. The highest BCUT2D eigenvalue weighted by atomic mass is 35.5. The Kier molecular flexibility index (Phi) is 8.50. The minimum atomic E-state index is -0.0891. The zero-order valence-corrected chi connectivity index (χ0v) is 13.5. The summed E-state index contributed by atoms with van der Waals surface area (Å²) in [7, 11) is 0. The van der Waals surface area contributed by atoms with Gasteiger partial charge in [-0.2, -0.15) is 0 Å². The minimum Gasteiger partial charge on any atom is -0.484 e. The molecule has 0 aromatic heterocycles. The summed E-state index contributed by atoms with van der Waals surface area (Å²) in [6.45, 7) is 2.93. The van der Waals surface area contributed by atoms with Crippen molar-refractivity contribution in [2.45, 2.75) is 19.3 Å². The molecule has 2 rings (SSSR count). The van der Waals surface area contributed by atoms with Crippen molar-refractivity contribution in [1.82, 2.24) is 10.6 Å². The van der Waals surface area contributed by atoms with Gasteiger partial charge in [0.05, 0.1) is 0 Å². The van der Waals surface area contributed by atoms with E-state index in [1.165, 1.54) is 12.8 Å². The Labute approximate surface area is 137 Å². The van der Waals surface area contributed by atoms with Gasteiger partial charge in [-0.3, -0.25) is 4.79 Å². The maximum absolute atomic E-state index is 11.7. The zero-order chi connectivity index (χ0) is 14.2. The standard InChI is InChI=1S/C15H21ClN2O2.ClH/c16-13-4-1-5-14(9-13)20-11-15(19)18-8-6-12-3-2-7-17-10-12;/h1,4-5,9,12,17H,2-3,6-8,10-11H2,(H,18,19);1H. The molecule has 0 bridgehead atoms. The summed E-state index contributed by atoms with van der Waals surface area (Å²) >= 11 is 5.84. The third kappa shape index (κ3) is 7.02. The van der Waals surface area contributed by atoms with Crippen molar-refractivity contribution < 1.29 is 9.53 Å². The van der Waals surface area contributed by atoms with E-state index in [9.17, 15) is 4.79 Å². The van der Waals surface area contributed by atoms with E-state index in [0.29, 0.717) is 23.2 Å². The number of carbonyl (C=O) groups excluding carboxylic acids is 1. The van der Waals surface area contributed by atoms with Gasteiger partial charge in [0.1, 0.15) is 5.75 Å². The number of hydrogen-bond acceptors (Lipinski definition) is 3. The lowest BCUT2D eigenvalue weighted by molar-refractivity contribution is -0.123. The molecule has 1 saturated heterocycles. The number of nitrogens with one attached hydrogen (secondary N) is 2. The molecule has 21 heavy (non-hydrogen) atoms. The molecular formula is C15H22Cl2N2O2. The summed E-state index contributed by atoms with van der Waals surface area (Å²) in [6, 6.07) is 7.05. The molecule has 1 aliphatic heterocycles. The number of piperidine rings is 1. The van der Waals surface area contributed by atoms with E-state index in [0.717, 1.165) is 19.5 Å². The lowest BCUT2D eigenvalue weighted by Gasteiger charge is -2.22. The Morgan fingerprint density at radius 2 is 2.33 bits per heavy atom. The number of ether oxygens (including phenoxy) is 1. The van der Waals surface area contributed by atoms with Crippen LogP contribution in [0.1, 0.15) is 19.3 Å². The van der Waals surface area contributed by atoms with Crippen molar-refractivity contribution in [1.29, 1.82) is 0 Å². The van der Waals surface area contributed by atoms with Crippen molar-refractivity contribution >= 4 is 29.9 Å². The van der Waals surface area contributed by atoms with E-state index >= 15 is 0 Å². The van der Waals surface area contributed by atoms with Crippen molar-refractivity contribution in [3.05, 3.63) is 29.3 Å². The van der Waals surface area contributed by atoms with Crippen molar-refractivity contribution in [2.24, 2.45) is 5.92 Å². The van der Waals surface area contributed by atoms with Crippen LogP contribution in [0.3, 0.4) is 0 Å². The Morgan fingerprint density at radius 3 is 3.05 bits per heavy atom. The second kappa shape index (κ2) is 9.87. The molecule has 1 unspecified atom stereocenters. The van der Waals surface area contributed by atoms with Crippen LogP contribution in [0.5, 0.6) is 5.75 Å². The average molecular weight is 333 g/mol. The van der Waals surface area contributed by atoms with Crippen molar-refractivity contribution in [2.75, 3.05) is 26.2 Å². The van der Waals surface area contributed by atoms with Gasteiger partial charge >= 0.3 is 0 Å². The first-order valence-electron chi connectivity index (χ1n) is 7.10. The van der Waals surface area contributed by atoms with E-state index in [1.54, 1.807) is 24.3 Å². The fraction of sp³-hybridized carbons (Fsp3) is 0.533. The maximum Gasteiger partial charge on any atom is 0.257 e. The molecule has 1 amide bonds. The first-order valence-corrected chi connectivity index (χ1v) is 7.47. The highest BCUT2D eigenvalue weighted by molar-refractivity contribution is 6.30. The molecule has 1 aliphatic rings. The highest BCUT2D eigenvalue weighted by Crippen LogP contribution is 2.17. The van der Waals surface area contributed by atoms with Gasteiger partial charge in [0, 0.05) is 11.6 Å². The highest BCUT2D eigenvalue weighted by Gasteiger charge is 2.12. The van der Waals surface area contributed by atoms with Gasteiger partial charge < -0.3 is 15.4 Å². The summed E-state index contributed by atoms with van der Waals surface area (Å²) in [4.78, 5) is 11.7. The fourth-order valence-corrected chi connectivity index (χ4v) is 2.52. The predicted molar refractivity (Wildman–Crippen MR) is 87.4 cm³/mol. The average Bonchev–Trinajstić information content (AvgIpc) is 2.46. The van der Waals surface area contributed by atoms with Gasteiger partial charge in [0.15, 0.2) is 6.61 Å². The van der Waals surface area contributed by atoms with E-state index in [2.05, 4.69) is 10.6 Å². The maximum atomic E-state index is 11.7. The first kappa shape index (κ1) is 18.1. The fourth-order valence-electron chi connectivity index (χ4n) is 2.34. The second-order valence-corrected chi connectivity index (χ2v) is 5.53. The summed E-state index contributed by atoms with van der Waals surface area (Å²) in [6.07, 6.45) is 3.51. The monoisotopic (exact) mass is 332 g/mol. The molecule has 1 atom stereocenters. The molecule has 0 aliphatic carbocycles. The third-order valence-corrected chi connectivity index (χ3v) is 3.67. The molecular weight excluding hydrogens is 311 g/mol. The molecule has 1 aromatic rings. The van der Waals surface area contributed by atoms with Crippen LogP contribution in [-0.4, -0.2) is 32.1 Å². The molecule has 6 heteroatoms. The molecule has 0 radical (unpaired) electrons. The lowest BCUT2D eigenvalue weighted by Crippen LogP contribution is -2.34. The Bertz CT molecular complexity index is 437. The summed E-state index contributed by atoms with van der Waals surface area (Å²) < 4.78 is 5.38. The molecule has 0 saturated carbocycles. The van der Waals surface area contributed by atoms with Crippen molar-refractivity contribution in [3.8, 4) is 5.75 Å². The molecule has 2 N–H and O–H groups in total. The zero-order valence-electron chi connectivity index (χ0n) is 11.9. The van der Waals surface area contributed by atoms with Gasteiger partial charge in [-0.05, 0) is 56.5 Å². The van der Waals surface area contributed by atoms with Crippen LogP contribution in [0, 0.1) is 5.92 Å². The molecule has 0 spiro atoms. The summed E-state index contributed by atoms with van der Waals surface area (Å²) in [5, 5.41) is 6.87. The van der Waals surface area contributed by atoms with Gasteiger partial charge in [-0.15, -0.1) is 12.4 Å². The normalized spacial score (nSPS) is 17.7. The van der Waals surface area contributed by atoms with E-state index in [4.69, 9.17) is 16.3 Å². The largest absolute Gasteiger partial charge is 0.484 e. The van der Waals surface area contributed by atoms with Crippen LogP contribution in [0.2, 0.25) is 5.02 Å². The topological polar surface area (TPSA) is 50.4 Å². The molecule has 1 fully saturated rings. The van der Waals surface area contributed by atoms with Gasteiger partial charge in [-0.25, -0.2) is 0 Å². The second-order valence-electron chi connectivity index (χ2n) is 5.10. The summed E-state index contributed by atoms with van der Waals surface area (Å²) in [5.74, 6) is 1.20. The van der Waals surface area contributed by atoms with Crippen LogP contribution in [0.25, 0.3) is 0 Å². The van der Waals surface area contributed by atoms with Gasteiger partial charge in [0.25, 0.3) is 5.91 Å². The molecule has 118 valence electrons. The van der Waals surface area contributed by atoms with E-state index < -0.39 is 0 Å². The Morgan fingerprint density at radius 1 is 1.48 bits per heavy atom. The summed E-state index contributed by atoms with van der Waals surface area (Å²) in [5.41, 5.74) is 0. The van der Waals surface area contributed by atoms with Gasteiger partial charge in [-0.1, -0.05) is 17.7 Å². The SMILES string of the molecule is Cl.O=C(COc1cccc(Cl)c1)NCCC1CCCNC1. The third-order valence-electron chi connectivity index (χ3n) is 3.44. The number of carbonyl (C=O) groups is 1. The number of benzene rings is 1. The van der Waals surface area contributed by atoms with Crippen molar-refractivity contribution in [3.63, 3.8) is 0 Å². The Hall–Kier alpha value is -0.970. The van der Waals surface area contributed by atoms with E-state index in [-0.39, 0.29) is 24.9 Å². The van der Waals surface area contributed by atoms with Crippen LogP contribution in [0.15, 0.2) is 24.3 Å². The molecule has 1 aromatic carbocycles. The van der Waals surface area contributed by atoms with Crippen LogP contribution in [0.4, 0.5) is 0 Å². The van der Waals surface area contributed by atoms with Crippen LogP contribution >= 0.6 is 24.0 Å². The number of rotatable bonds is 6. The smallest absolute Gasteiger partial charge is 0.257 e. The van der Waals surface area contributed by atoms with Crippen LogP contribution in [-0.2, 0) is 4.79 Å². The first-order chi connectivity index (χ1) is 9.74.